The Morgan fingerprint density at radius 3 is 2.64 bits per heavy atom. The molecule has 0 bridgehead atoms. The van der Waals surface area contributed by atoms with Gasteiger partial charge in [0.1, 0.15) is 23.1 Å². The number of para-hydroxylation sites is 1. The molecule has 4 nitrogen and oxygen atoms in total. The van der Waals surface area contributed by atoms with Crippen LogP contribution in [0.4, 0.5) is 0 Å². The Morgan fingerprint density at radius 1 is 1.04 bits per heavy atom. The van der Waals surface area contributed by atoms with Gasteiger partial charge >= 0.3 is 0 Å². The summed E-state index contributed by atoms with van der Waals surface area (Å²) in [4.78, 5) is 4.62. The van der Waals surface area contributed by atoms with Crippen LogP contribution in [0.5, 0.6) is 11.5 Å². The van der Waals surface area contributed by atoms with Crippen molar-refractivity contribution in [3.63, 3.8) is 0 Å². The summed E-state index contributed by atoms with van der Waals surface area (Å²) in [5, 5.41) is 6.46. The van der Waals surface area contributed by atoms with Gasteiger partial charge in [-0.25, -0.2) is 4.98 Å². The predicted molar refractivity (Wildman–Crippen MR) is 101 cm³/mol. The van der Waals surface area contributed by atoms with Crippen molar-refractivity contribution in [3.05, 3.63) is 75.7 Å². The van der Waals surface area contributed by atoms with E-state index in [1.807, 2.05) is 42.5 Å². The lowest BCUT2D eigenvalue weighted by molar-refractivity contribution is 0.305. The second kappa shape index (κ2) is 8.65. The molecule has 0 aliphatic rings. The summed E-state index contributed by atoms with van der Waals surface area (Å²) in [5.74, 6) is 1.78. The monoisotopic (exact) mass is 354 g/mol. The fraction of sp³-hybridized carbons (Fsp3) is 0.250. The number of rotatable bonds is 8. The molecule has 1 aromatic heterocycles. The van der Waals surface area contributed by atoms with Crippen molar-refractivity contribution in [3.8, 4) is 11.5 Å². The first kappa shape index (κ1) is 17.5. The fourth-order valence-corrected chi connectivity index (χ4v) is 3.16. The molecule has 2 aromatic carbocycles. The molecule has 1 N–H and O–H groups in total. The van der Waals surface area contributed by atoms with Gasteiger partial charge in [-0.3, -0.25) is 0 Å². The molecule has 1 heterocycles. The van der Waals surface area contributed by atoms with Crippen molar-refractivity contribution in [1.82, 2.24) is 10.3 Å². The lowest BCUT2D eigenvalue weighted by Crippen LogP contribution is -2.13. The van der Waals surface area contributed by atoms with Crippen LogP contribution in [0.1, 0.15) is 21.8 Å². The summed E-state index contributed by atoms with van der Waals surface area (Å²) in [6.45, 7) is 4.03. The number of nitrogens with one attached hydrogen (secondary N) is 1. The van der Waals surface area contributed by atoms with E-state index in [4.69, 9.17) is 9.47 Å². The topological polar surface area (TPSA) is 43.4 Å². The van der Waals surface area contributed by atoms with E-state index in [1.54, 1.807) is 18.4 Å². The van der Waals surface area contributed by atoms with E-state index >= 15 is 0 Å². The highest BCUT2D eigenvalue weighted by Crippen LogP contribution is 2.18. The van der Waals surface area contributed by atoms with Crippen LogP contribution < -0.4 is 14.8 Å². The molecule has 0 amide bonds. The van der Waals surface area contributed by atoms with Crippen LogP contribution in [0.25, 0.3) is 0 Å². The number of hydrogen-bond donors (Lipinski definition) is 1. The van der Waals surface area contributed by atoms with Crippen molar-refractivity contribution in [2.75, 3.05) is 7.11 Å². The maximum absolute atomic E-state index is 5.78. The van der Waals surface area contributed by atoms with Gasteiger partial charge in [0.05, 0.1) is 12.8 Å². The van der Waals surface area contributed by atoms with E-state index < -0.39 is 0 Å². The van der Waals surface area contributed by atoms with E-state index in [2.05, 4.69) is 28.7 Å². The van der Waals surface area contributed by atoms with Gasteiger partial charge in [-0.1, -0.05) is 35.9 Å². The molecule has 0 aliphatic carbocycles. The summed E-state index contributed by atoms with van der Waals surface area (Å²) < 4.78 is 11.1. The van der Waals surface area contributed by atoms with Crippen molar-refractivity contribution in [2.24, 2.45) is 0 Å². The summed E-state index contributed by atoms with van der Waals surface area (Å²) in [6, 6.07) is 16.1. The maximum Gasteiger partial charge on any atom is 0.140 e. The zero-order chi connectivity index (χ0) is 17.5. The SMILES string of the molecule is COc1ccccc1CNCc1csc(COc2ccc(C)cc2)n1. The van der Waals surface area contributed by atoms with Crippen LogP contribution in [-0.4, -0.2) is 12.1 Å². The van der Waals surface area contributed by atoms with E-state index in [0.29, 0.717) is 6.61 Å². The summed E-state index contributed by atoms with van der Waals surface area (Å²) >= 11 is 1.63. The molecule has 3 rings (SSSR count). The molecule has 0 radical (unpaired) electrons. The third-order valence-electron chi connectivity index (χ3n) is 3.80. The number of methoxy groups -OCH3 is 1. The summed E-state index contributed by atoms with van der Waals surface area (Å²) in [6.07, 6.45) is 0. The van der Waals surface area contributed by atoms with Gasteiger partial charge in [0.25, 0.3) is 0 Å². The standard InChI is InChI=1S/C20H22N2O2S/c1-15-7-9-18(10-8-15)24-13-20-22-17(14-25-20)12-21-11-16-5-3-4-6-19(16)23-2/h3-10,14,21H,11-13H2,1-2H3. The van der Waals surface area contributed by atoms with Gasteiger partial charge in [0.2, 0.25) is 0 Å². The Bertz CT molecular complexity index is 799. The van der Waals surface area contributed by atoms with Crippen LogP contribution in [0.2, 0.25) is 0 Å². The molecule has 0 fully saturated rings. The lowest BCUT2D eigenvalue weighted by atomic mass is 10.2. The Morgan fingerprint density at radius 2 is 1.84 bits per heavy atom. The molecule has 3 aromatic rings. The average Bonchev–Trinajstić information content (AvgIpc) is 3.09. The molecule has 5 heteroatoms. The minimum Gasteiger partial charge on any atom is -0.496 e. The summed E-state index contributed by atoms with van der Waals surface area (Å²) in [5.41, 5.74) is 3.40. The van der Waals surface area contributed by atoms with Gasteiger partial charge in [0.15, 0.2) is 0 Å². The number of ether oxygens (including phenoxy) is 2. The minimum absolute atomic E-state index is 0.500. The zero-order valence-corrected chi connectivity index (χ0v) is 15.3. The Labute approximate surface area is 152 Å². The first-order chi connectivity index (χ1) is 12.2. The van der Waals surface area contributed by atoms with Crippen LogP contribution in [0, 0.1) is 6.92 Å². The number of thiazole rings is 1. The number of nitrogens with zero attached hydrogens (tertiary/aromatic N) is 1. The van der Waals surface area contributed by atoms with Gasteiger partial charge in [0, 0.05) is 24.0 Å². The summed E-state index contributed by atoms with van der Waals surface area (Å²) in [7, 11) is 1.69. The molecule has 25 heavy (non-hydrogen) atoms. The minimum atomic E-state index is 0.500. The molecule has 0 aliphatic heterocycles. The maximum atomic E-state index is 5.78. The molecule has 0 saturated heterocycles. The fourth-order valence-electron chi connectivity index (χ4n) is 2.45. The van der Waals surface area contributed by atoms with Crippen molar-refractivity contribution < 1.29 is 9.47 Å². The number of aryl methyl sites for hydroxylation is 1. The Balaban J connectivity index is 1.47. The third-order valence-corrected chi connectivity index (χ3v) is 4.67. The van der Waals surface area contributed by atoms with Crippen molar-refractivity contribution in [2.45, 2.75) is 26.6 Å². The molecule has 0 atom stereocenters. The van der Waals surface area contributed by atoms with E-state index in [9.17, 15) is 0 Å². The van der Waals surface area contributed by atoms with E-state index in [1.165, 1.54) is 5.56 Å². The first-order valence-corrected chi connectivity index (χ1v) is 9.08. The van der Waals surface area contributed by atoms with Crippen LogP contribution in [0.15, 0.2) is 53.9 Å². The highest BCUT2D eigenvalue weighted by Gasteiger charge is 2.05. The Kier molecular flexibility index (Phi) is 6.04. The molecule has 0 saturated carbocycles. The molecule has 130 valence electrons. The predicted octanol–water partition coefficient (Wildman–Crippen LogP) is 4.33. The van der Waals surface area contributed by atoms with Crippen molar-refractivity contribution >= 4 is 11.3 Å². The second-order valence-corrected chi connectivity index (χ2v) is 6.69. The highest BCUT2D eigenvalue weighted by molar-refractivity contribution is 7.09. The first-order valence-electron chi connectivity index (χ1n) is 8.20. The van der Waals surface area contributed by atoms with E-state index in [0.717, 1.165) is 40.9 Å². The molecule has 0 unspecified atom stereocenters. The lowest BCUT2D eigenvalue weighted by Gasteiger charge is -2.08. The van der Waals surface area contributed by atoms with E-state index in [-0.39, 0.29) is 0 Å². The number of hydrogen-bond acceptors (Lipinski definition) is 5. The van der Waals surface area contributed by atoms with Crippen LogP contribution >= 0.6 is 11.3 Å². The van der Waals surface area contributed by atoms with Crippen LogP contribution in [0.3, 0.4) is 0 Å². The largest absolute Gasteiger partial charge is 0.496 e. The number of aromatic nitrogens is 1. The number of benzene rings is 2. The molecular formula is C20H22N2O2S. The van der Waals surface area contributed by atoms with Gasteiger partial charge in [-0.05, 0) is 25.1 Å². The van der Waals surface area contributed by atoms with Gasteiger partial charge in [-0.2, -0.15) is 0 Å². The van der Waals surface area contributed by atoms with Crippen molar-refractivity contribution in [1.29, 1.82) is 0 Å². The molecule has 0 spiro atoms. The smallest absolute Gasteiger partial charge is 0.140 e. The zero-order valence-electron chi connectivity index (χ0n) is 14.5. The second-order valence-electron chi connectivity index (χ2n) is 5.75. The molecular weight excluding hydrogens is 332 g/mol. The average molecular weight is 354 g/mol. The Hall–Kier alpha value is -2.37. The third kappa shape index (κ3) is 5.05. The van der Waals surface area contributed by atoms with Gasteiger partial charge < -0.3 is 14.8 Å². The quantitative estimate of drug-likeness (QED) is 0.654. The van der Waals surface area contributed by atoms with Crippen LogP contribution in [-0.2, 0) is 19.7 Å². The highest BCUT2D eigenvalue weighted by atomic mass is 32.1. The van der Waals surface area contributed by atoms with Gasteiger partial charge in [-0.15, -0.1) is 11.3 Å². The normalized spacial score (nSPS) is 10.6.